The van der Waals surface area contributed by atoms with E-state index in [1.807, 2.05) is 62.1 Å². The van der Waals surface area contributed by atoms with E-state index >= 15 is 0 Å². The first-order chi connectivity index (χ1) is 25.2. The molecular weight excluding hydrogens is 690 g/mol. The van der Waals surface area contributed by atoms with Gasteiger partial charge >= 0.3 is 12.6 Å². The maximum atomic E-state index is 14.7. The van der Waals surface area contributed by atoms with Crippen LogP contribution >= 0.6 is 0 Å². The topological polar surface area (TPSA) is 140 Å². The normalized spacial score (nSPS) is 18.3. The molecule has 2 aliphatic heterocycles. The van der Waals surface area contributed by atoms with E-state index in [1.165, 1.54) is 0 Å². The van der Waals surface area contributed by atoms with Crippen LogP contribution in [0.5, 0.6) is 0 Å². The summed E-state index contributed by atoms with van der Waals surface area (Å²) in [6.45, 7) is 3.86. The van der Waals surface area contributed by atoms with E-state index < -0.39 is 35.9 Å². The van der Waals surface area contributed by atoms with Gasteiger partial charge in [-0.25, -0.2) is 18.6 Å². The Labute approximate surface area is 306 Å². The summed E-state index contributed by atoms with van der Waals surface area (Å²) in [6, 6.07) is 12.8. The van der Waals surface area contributed by atoms with Crippen molar-refractivity contribution in [1.82, 2.24) is 20.5 Å². The molecule has 2 aliphatic rings. The van der Waals surface area contributed by atoms with Crippen LogP contribution in [0.1, 0.15) is 61.4 Å². The van der Waals surface area contributed by atoms with Gasteiger partial charge < -0.3 is 36.5 Å². The van der Waals surface area contributed by atoms with Gasteiger partial charge in [0.1, 0.15) is 23.1 Å². The number of rotatable bonds is 12. The fourth-order valence-electron chi connectivity index (χ4n) is 6.42. The molecule has 0 spiro atoms. The van der Waals surface area contributed by atoms with Crippen LogP contribution in [-0.4, -0.2) is 83.3 Å². The summed E-state index contributed by atoms with van der Waals surface area (Å²) in [5.41, 5.74) is 7.61. The molecule has 0 saturated carbocycles. The van der Waals surface area contributed by atoms with Gasteiger partial charge in [0.2, 0.25) is 0 Å². The third-order valence-corrected chi connectivity index (χ3v) is 9.08. The molecule has 53 heavy (non-hydrogen) atoms. The third kappa shape index (κ3) is 10.6. The second-order valence-electron chi connectivity index (χ2n) is 14.2. The molecule has 2 unspecified atom stereocenters. The van der Waals surface area contributed by atoms with Crippen molar-refractivity contribution in [2.45, 2.75) is 83.0 Å². The van der Waals surface area contributed by atoms with Gasteiger partial charge in [-0.3, -0.25) is 4.90 Å². The van der Waals surface area contributed by atoms with Crippen molar-refractivity contribution in [3.63, 3.8) is 0 Å². The van der Waals surface area contributed by atoms with Gasteiger partial charge in [0.05, 0.1) is 18.2 Å². The number of carbonyl (C=O) groups excluding carboxylic acids is 1. The van der Waals surface area contributed by atoms with Crippen LogP contribution in [0, 0.1) is 28.9 Å². The van der Waals surface area contributed by atoms with E-state index in [0.717, 1.165) is 53.7 Å². The van der Waals surface area contributed by atoms with E-state index in [1.54, 1.807) is 11.5 Å². The number of allylic oxidation sites excluding steroid dienone is 1. The van der Waals surface area contributed by atoms with E-state index in [9.17, 15) is 27.5 Å². The van der Waals surface area contributed by atoms with E-state index in [2.05, 4.69) is 27.0 Å². The largest absolute Gasteiger partial charge is 0.444 e. The molecule has 2 fully saturated rings. The predicted molar refractivity (Wildman–Crippen MR) is 195 cm³/mol. The number of piperazine rings is 1. The minimum absolute atomic E-state index is 0.0361. The quantitative estimate of drug-likeness (QED) is 0.0744. The summed E-state index contributed by atoms with van der Waals surface area (Å²) in [5.74, 6) is 5.27. The maximum absolute atomic E-state index is 14.7. The standard InChI is InChI=1S/C39H45F4N7O3/c1-39(2,3)53-38(52)50-29-11-12-30(50)23-49(22-29)36-13-10-26(18-47-36)9-6-24-4-7-25(8-5-24)14-34(45)35(51)21-46-20-31-32(40)15-27(16-33(31)41)28(17-44)19-48-37(42)43/h4-5,7-8,10,13,15-19,29-30,34-35,37,44,46,48,51H,11-12,14,20-23,45H2,1-3H3/b28-19+,44-17?/t29?,30?,34-,35-/m0/s1. The molecule has 1 amide bonds. The highest BCUT2D eigenvalue weighted by Crippen LogP contribution is 2.33. The Bertz CT molecular complexity index is 1800. The van der Waals surface area contributed by atoms with Crippen LogP contribution in [0.2, 0.25) is 0 Å². The lowest BCUT2D eigenvalue weighted by Crippen LogP contribution is -2.57. The lowest BCUT2D eigenvalue weighted by Gasteiger charge is -2.41. The zero-order chi connectivity index (χ0) is 38.3. The zero-order valence-corrected chi connectivity index (χ0v) is 29.9. The van der Waals surface area contributed by atoms with Gasteiger partial charge in [-0.1, -0.05) is 24.0 Å². The van der Waals surface area contributed by atoms with Gasteiger partial charge in [-0.2, -0.15) is 8.78 Å². The van der Waals surface area contributed by atoms with Crippen molar-refractivity contribution in [2.75, 3.05) is 24.5 Å². The van der Waals surface area contributed by atoms with Gasteiger partial charge in [0, 0.05) is 73.1 Å². The molecule has 1 aromatic heterocycles. The zero-order valence-electron chi connectivity index (χ0n) is 29.9. The molecular formula is C39H45F4N7O3. The van der Waals surface area contributed by atoms with Crippen LogP contribution in [0.4, 0.5) is 28.2 Å². The molecule has 0 aliphatic carbocycles. The average molecular weight is 736 g/mol. The number of ether oxygens (including phenoxy) is 1. The number of nitrogens with two attached hydrogens (primary N) is 1. The second-order valence-corrected chi connectivity index (χ2v) is 14.2. The van der Waals surface area contributed by atoms with Gasteiger partial charge in [0.25, 0.3) is 0 Å². The number of nitrogens with one attached hydrogen (secondary N) is 3. The number of fused-ring (bicyclic) bond motifs is 2. The van der Waals surface area contributed by atoms with Crippen LogP contribution in [0.25, 0.3) is 5.57 Å². The fourth-order valence-corrected chi connectivity index (χ4v) is 6.42. The molecule has 6 N–H and O–H groups in total. The van der Waals surface area contributed by atoms with E-state index in [4.69, 9.17) is 15.9 Å². The fraction of sp³-hybridized carbons (Fsp3) is 0.410. The minimum Gasteiger partial charge on any atom is -0.444 e. The highest BCUT2D eigenvalue weighted by molar-refractivity contribution is 6.08. The molecule has 3 aromatic rings. The third-order valence-electron chi connectivity index (χ3n) is 9.08. The Balaban J connectivity index is 1.08. The van der Waals surface area contributed by atoms with Crippen molar-refractivity contribution >= 4 is 23.7 Å². The van der Waals surface area contributed by atoms with E-state index in [-0.39, 0.29) is 48.0 Å². The van der Waals surface area contributed by atoms with Gasteiger partial charge in [-0.15, -0.1) is 0 Å². The average Bonchev–Trinajstić information content (AvgIpc) is 3.38. The van der Waals surface area contributed by atoms with Crippen molar-refractivity contribution in [1.29, 1.82) is 5.41 Å². The van der Waals surface area contributed by atoms with Crippen molar-refractivity contribution < 1.29 is 32.2 Å². The number of carbonyl (C=O) groups is 1. The summed E-state index contributed by atoms with van der Waals surface area (Å²) in [5, 5.41) is 22.4. The molecule has 2 saturated heterocycles. The Morgan fingerprint density at radius 1 is 1.08 bits per heavy atom. The van der Waals surface area contributed by atoms with Crippen molar-refractivity contribution in [2.24, 2.45) is 5.73 Å². The monoisotopic (exact) mass is 735 g/mol. The molecule has 4 atom stereocenters. The predicted octanol–water partition coefficient (Wildman–Crippen LogP) is 5.17. The molecule has 2 bridgehead atoms. The Kier molecular flexibility index (Phi) is 12.8. The Morgan fingerprint density at radius 3 is 2.26 bits per heavy atom. The number of nitrogens with zero attached hydrogens (tertiary/aromatic N) is 3. The molecule has 2 aromatic carbocycles. The number of hydrogen-bond acceptors (Lipinski definition) is 9. The molecule has 14 heteroatoms. The molecule has 282 valence electrons. The first-order valence-corrected chi connectivity index (χ1v) is 17.4. The number of halogens is 4. The van der Waals surface area contributed by atoms with Crippen LogP contribution < -0.4 is 21.3 Å². The molecule has 3 heterocycles. The van der Waals surface area contributed by atoms with Crippen molar-refractivity contribution in [3.8, 4) is 11.8 Å². The Morgan fingerprint density at radius 2 is 1.70 bits per heavy atom. The highest BCUT2D eigenvalue weighted by atomic mass is 19.3. The molecule has 10 nitrogen and oxygen atoms in total. The second kappa shape index (κ2) is 17.2. The first kappa shape index (κ1) is 39.2. The van der Waals surface area contributed by atoms with Crippen LogP contribution in [0.3, 0.4) is 0 Å². The molecule has 0 radical (unpaired) electrons. The molecule has 5 rings (SSSR count). The first-order valence-electron chi connectivity index (χ1n) is 17.4. The SMILES string of the molecule is CC(C)(C)OC(=O)N1C2CCC1CN(c1ccc(C#Cc3ccc(C[C@H](N)[C@@H](O)CNCc4c(F)cc(/C(C=N)=C/NC(F)F)cc4F)cc3)cn1)C2. The van der Waals surface area contributed by atoms with Gasteiger partial charge in [0.15, 0.2) is 0 Å². The number of alkyl halides is 2. The van der Waals surface area contributed by atoms with Crippen LogP contribution in [-0.2, 0) is 17.7 Å². The summed E-state index contributed by atoms with van der Waals surface area (Å²) >= 11 is 0. The van der Waals surface area contributed by atoms with Gasteiger partial charge in [-0.05, 0) is 87.6 Å². The lowest BCUT2D eigenvalue weighted by molar-refractivity contribution is 0.0122. The summed E-state index contributed by atoms with van der Waals surface area (Å²) in [4.78, 5) is 21.6. The summed E-state index contributed by atoms with van der Waals surface area (Å²) in [6.07, 6.45) is 4.22. The number of aliphatic hydroxyl groups excluding tert-OH is 1. The summed E-state index contributed by atoms with van der Waals surface area (Å²) < 4.78 is 59.9. The highest BCUT2D eigenvalue weighted by Gasteiger charge is 2.44. The number of hydrogen-bond donors (Lipinski definition) is 5. The lowest BCUT2D eigenvalue weighted by atomic mass is 10.0. The smallest absolute Gasteiger partial charge is 0.410 e. The number of aromatic nitrogens is 1. The number of anilines is 1. The summed E-state index contributed by atoms with van der Waals surface area (Å²) in [7, 11) is 0. The maximum Gasteiger partial charge on any atom is 0.410 e. The van der Waals surface area contributed by atoms with Crippen molar-refractivity contribution in [3.05, 3.63) is 100 Å². The van der Waals surface area contributed by atoms with Crippen LogP contribution in [0.15, 0.2) is 60.9 Å². The number of pyridine rings is 1. The number of amides is 1. The Hall–Kier alpha value is -4.97. The van der Waals surface area contributed by atoms with E-state index in [0.29, 0.717) is 25.7 Å². The number of benzene rings is 2. The number of aliphatic hydroxyl groups is 1. The minimum atomic E-state index is -2.89.